The highest BCUT2D eigenvalue weighted by Crippen LogP contribution is 2.33. The van der Waals surface area contributed by atoms with E-state index in [-0.39, 0.29) is 0 Å². The van der Waals surface area contributed by atoms with Gasteiger partial charge in [-0.15, -0.1) is 0 Å². The van der Waals surface area contributed by atoms with Crippen molar-refractivity contribution in [2.24, 2.45) is 0 Å². The third-order valence-corrected chi connectivity index (χ3v) is 5.66. The van der Waals surface area contributed by atoms with Gasteiger partial charge in [-0.1, -0.05) is 36.4 Å². The number of ether oxygens (including phenoxy) is 2. The molecule has 174 valence electrons. The number of anilines is 1. The maximum atomic E-state index is 13.2. The predicted molar refractivity (Wildman–Crippen MR) is 133 cm³/mol. The summed E-state index contributed by atoms with van der Waals surface area (Å²) in [6.45, 7) is 1.53. The number of esters is 1. The number of aromatic nitrogens is 1. The van der Waals surface area contributed by atoms with Gasteiger partial charge in [-0.2, -0.15) is 0 Å². The SMILES string of the molecule is COc1ccc(NC(=O)C(C)OC(=O)c2cccc3cccc(-c4nc5ccccc5o4)c23)cc1. The highest BCUT2D eigenvalue weighted by atomic mass is 16.5. The highest BCUT2D eigenvalue weighted by Gasteiger charge is 2.23. The lowest BCUT2D eigenvalue weighted by molar-refractivity contribution is -0.123. The van der Waals surface area contributed by atoms with E-state index >= 15 is 0 Å². The molecule has 7 nitrogen and oxygen atoms in total. The zero-order chi connectivity index (χ0) is 24.4. The summed E-state index contributed by atoms with van der Waals surface area (Å²) in [5.41, 5.74) is 2.94. The maximum absolute atomic E-state index is 13.2. The van der Waals surface area contributed by atoms with E-state index < -0.39 is 18.0 Å². The molecule has 0 aliphatic rings. The Hall–Kier alpha value is -4.65. The third kappa shape index (κ3) is 4.44. The smallest absolute Gasteiger partial charge is 0.339 e. The minimum Gasteiger partial charge on any atom is -0.497 e. The number of hydrogen-bond donors (Lipinski definition) is 1. The molecule has 1 N–H and O–H groups in total. The first-order valence-electron chi connectivity index (χ1n) is 11.1. The van der Waals surface area contributed by atoms with Crippen molar-refractivity contribution in [3.8, 4) is 17.2 Å². The molecule has 0 fully saturated rings. The molecular formula is C28H22N2O5. The number of carbonyl (C=O) groups excluding carboxylic acids is 2. The van der Waals surface area contributed by atoms with Crippen molar-refractivity contribution in [2.75, 3.05) is 12.4 Å². The number of nitrogens with zero attached hydrogens (tertiary/aromatic N) is 1. The number of carbonyl (C=O) groups is 2. The lowest BCUT2D eigenvalue weighted by atomic mass is 9.99. The molecule has 0 spiro atoms. The van der Waals surface area contributed by atoms with Crippen LogP contribution in [0, 0.1) is 0 Å². The lowest BCUT2D eigenvalue weighted by Crippen LogP contribution is -2.30. The van der Waals surface area contributed by atoms with Crippen molar-refractivity contribution in [3.63, 3.8) is 0 Å². The summed E-state index contributed by atoms with van der Waals surface area (Å²) in [6, 6.07) is 25.3. The Bertz CT molecular complexity index is 1500. The van der Waals surface area contributed by atoms with Gasteiger partial charge in [0.05, 0.1) is 12.7 Å². The number of oxazole rings is 1. The summed E-state index contributed by atoms with van der Waals surface area (Å²) in [6.07, 6.45) is -1.02. The predicted octanol–water partition coefficient (Wildman–Crippen LogP) is 5.84. The number of rotatable bonds is 6. The van der Waals surface area contributed by atoms with Crippen LogP contribution in [0.2, 0.25) is 0 Å². The zero-order valence-corrected chi connectivity index (χ0v) is 19.1. The molecule has 0 aliphatic heterocycles. The van der Waals surface area contributed by atoms with Crippen molar-refractivity contribution >= 4 is 39.4 Å². The Morgan fingerprint density at radius 1 is 0.914 bits per heavy atom. The lowest BCUT2D eigenvalue weighted by Gasteiger charge is -2.15. The Kier molecular flexibility index (Phi) is 5.89. The molecule has 4 aromatic carbocycles. The quantitative estimate of drug-likeness (QED) is 0.316. The molecule has 0 radical (unpaired) electrons. The van der Waals surface area contributed by atoms with Gasteiger partial charge in [0.15, 0.2) is 11.7 Å². The summed E-state index contributed by atoms with van der Waals surface area (Å²) in [5, 5.41) is 4.22. The Balaban J connectivity index is 1.43. The van der Waals surface area contributed by atoms with Crippen LogP contribution in [-0.4, -0.2) is 30.1 Å². The summed E-state index contributed by atoms with van der Waals surface area (Å²) in [5.74, 6) is 0.0231. The molecule has 7 heteroatoms. The van der Waals surface area contributed by atoms with Crippen LogP contribution in [-0.2, 0) is 9.53 Å². The molecule has 1 unspecified atom stereocenters. The summed E-state index contributed by atoms with van der Waals surface area (Å²) in [7, 11) is 1.57. The molecule has 1 atom stereocenters. The second-order valence-corrected chi connectivity index (χ2v) is 7.96. The molecule has 35 heavy (non-hydrogen) atoms. The van der Waals surface area contributed by atoms with E-state index in [1.165, 1.54) is 6.92 Å². The van der Waals surface area contributed by atoms with E-state index in [2.05, 4.69) is 10.3 Å². The molecule has 5 aromatic rings. The standard InChI is InChI=1S/C28H22N2O5/c1-17(26(31)29-19-13-15-20(33-2)16-14-19)34-28(32)22-10-6-8-18-7-5-9-21(25(18)22)27-30-23-11-3-4-12-24(23)35-27/h3-17H,1-2H3,(H,29,31). The second-order valence-electron chi connectivity index (χ2n) is 7.96. The number of methoxy groups -OCH3 is 1. The van der Waals surface area contributed by atoms with Gasteiger partial charge < -0.3 is 19.2 Å². The first-order valence-corrected chi connectivity index (χ1v) is 11.1. The normalized spacial score (nSPS) is 11.8. The number of para-hydroxylation sites is 2. The van der Waals surface area contributed by atoms with Crippen LogP contribution >= 0.6 is 0 Å². The first kappa shape index (κ1) is 22.2. The first-order chi connectivity index (χ1) is 17.0. The van der Waals surface area contributed by atoms with Crippen molar-refractivity contribution in [1.82, 2.24) is 4.98 Å². The van der Waals surface area contributed by atoms with Gasteiger partial charge >= 0.3 is 5.97 Å². The van der Waals surface area contributed by atoms with Gasteiger partial charge in [-0.25, -0.2) is 9.78 Å². The van der Waals surface area contributed by atoms with Gasteiger partial charge in [0, 0.05) is 16.6 Å². The number of amides is 1. The maximum Gasteiger partial charge on any atom is 0.339 e. The van der Waals surface area contributed by atoms with Crippen molar-refractivity contribution < 1.29 is 23.5 Å². The van der Waals surface area contributed by atoms with Crippen molar-refractivity contribution in [3.05, 3.63) is 90.5 Å². The topological polar surface area (TPSA) is 90.7 Å². The molecule has 0 aliphatic carbocycles. The molecular weight excluding hydrogens is 444 g/mol. The summed E-state index contributed by atoms with van der Waals surface area (Å²) >= 11 is 0. The van der Waals surface area contributed by atoms with Crippen molar-refractivity contribution in [1.29, 1.82) is 0 Å². The summed E-state index contributed by atoms with van der Waals surface area (Å²) in [4.78, 5) is 30.4. The average molecular weight is 466 g/mol. The van der Waals surface area contributed by atoms with Crippen LogP contribution in [0.25, 0.3) is 33.3 Å². The molecule has 1 aromatic heterocycles. The van der Waals surface area contributed by atoms with E-state index in [9.17, 15) is 9.59 Å². The fourth-order valence-electron chi connectivity index (χ4n) is 3.87. The number of fused-ring (bicyclic) bond motifs is 2. The van der Waals surface area contributed by atoms with E-state index in [4.69, 9.17) is 13.9 Å². The largest absolute Gasteiger partial charge is 0.497 e. The number of benzene rings is 4. The molecule has 5 rings (SSSR count). The minimum atomic E-state index is -1.02. The molecule has 1 heterocycles. The fraction of sp³-hybridized carbons (Fsp3) is 0.107. The van der Waals surface area contributed by atoms with E-state index in [0.29, 0.717) is 39.4 Å². The zero-order valence-electron chi connectivity index (χ0n) is 19.1. The number of nitrogens with one attached hydrogen (secondary N) is 1. The Morgan fingerprint density at radius 2 is 1.66 bits per heavy atom. The van der Waals surface area contributed by atoms with E-state index in [1.807, 2.05) is 48.5 Å². The Labute approximate surface area is 201 Å². The van der Waals surface area contributed by atoms with Gasteiger partial charge in [0.25, 0.3) is 5.91 Å². The van der Waals surface area contributed by atoms with Crippen molar-refractivity contribution in [2.45, 2.75) is 13.0 Å². The van der Waals surface area contributed by atoms with E-state index in [0.717, 1.165) is 10.9 Å². The van der Waals surface area contributed by atoms with Gasteiger partial charge in [-0.3, -0.25) is 4.79 Å². The van der Waals surface area contributed by atoms with Crippen LogP contribution in [0.15, 0.2) is 89.3 Å². The van der Waals surface area contributed by atoms with Gasteiger partial charge in [-0.05, 0) is 60.8 Å². The second kappa shape index (κ2) is 9.30. The average Bonchev–Trinajstić information content (AvgIpc) is 3.32. The molecule has 0 bridgehead atoms. The molecule has 0 saturated heterocycles. The van der Waals surface area contributed by atoms with E-state index in [1.54, 1.807) is 43.5 Å². The van der Waals surface area contributed by atoms with Gasteiger partial charge in [0.1, 0.15) is 11.3 Å². The number of hydrogen-bond acceptors (Lipinski definition) is 6. The van der Waals surface area contributed by atoms with Crippen LogP contribution in [0.5, 0.6) is 5.75 Å². The third-order valence-electron chi connectivity index (χ3n) is 5.66. The molecule has 1 amide bonds. The minimum absolute atomic E-state index is 0.324. The van der Waals surface area contributed by atoms with Crippen LogP contribution < -0.4 is 10.1 Å². The van der Waals surface area contributed by atoms with Gasteiger partial charge in [0.2, 0.25) is 5.89 Å². The fourth-order valence-corrected chi connectivity index (χ4v) is 3.87. The Morgan fingerprint density at radius 3 is 2.40 bits per heavy atom. The van der Waals surface area contributed by atoms with Crippen LogP contribution in [0.3, 0.4) is 0 Å². The summed E-state index contributed by atoms with van der Waals surface area (Å²) < 4.78 is 16.6. The molecule has 0 saturated carbocycles. The monoisotopic (exact) mass is 466 g/mol. The highest BCUT2D eigenvalue weighted by molar-refractivity contribution is 6.10. The van der Waals surface area contributed by atoms with Crippen LogP contribution in [0.4, 0.5) is 5.69 Å². The van der Waals surface area contributed by atoms with Crippen LogP contribution in [0.1, 0.15) is 17.3 Å².